The van der Waals surface area contributed by atoms with Gasteiger partial charge in [0.05, 0.1) is 4.47 Å². The van der Waals surface area contributed by atoms with Crippen molar-refractivity contribution in [2.45, 2.75) is 19.9 Å². The average Bonchev–Trinajstić information content (AvgIpc) is 2.82. The van der Waals surface area contributed by atoms with Crippen molar-refractivity contribution < 1.29 is 4.39 Å². The molecular formula is C14H15BrFNS. The lowest BCUT2D eigenvalue weighted by Crippen LogP contribution is -2.10. The van der Waals surface area contributed by atoms with Crippen LogP contribution < -0.4 is 5.32 Å². The van der Waals surface area contributed by atoms with Crippen molar-refractivity contribution in [3.63, 3.8) is 0 Å². The summed E-state index contributed by atoms with van der Waals surface area (Å²) >= 11 is 4.91. The van der Waals surface area contributed by atoms with Crippen LogP contribution in [0.4, 0.5) is 4.39 Å². The van der Waals surface area contributed by atoms with E-state index in [2.05, 4.69) is 40.3 Å². The summed E-state index contributed by atoms with van der Waals surface area (Å²) < 4.78 is 14.1. The summed E-state index contributed by atoms with van der Waals surface area (Å²) in [5, 5.41) is 3.21. The van der Waals surface area contributed by atoms with Gasteiger partial charge < -0.3 is 5.32 Å². The first-order chi connectivity index (χ1) is 8.52. The monoisotopic (exact) mass is 327 g/mol. The molecule has 1 aromatic carbocycles. The highest BCUT2D eigenvalue weighted by Gasteiger charge is 2.11. The van der Waals surface area contributed by atoms with E-state index in [1.54, 1.807) is 17.4 Å². The number of hydrogen-bond donors (Lipinski definition) is 1. The normalized spacial score (nSPS) is 12.7. The molecule has 96 valence electrons. The molecule has 0 spiro atoms. The Labute approximate surface area is 119 Å². The van der Waals surface area contributed by atoms with Gasteiger partial charge in [-0.3, -0.25) is 0 Å². The topological polar surface area (TPSA) is 12.0 Å². The zero-order chi connectivity index (χ0) is 13.3. The van der Waals surface area contributed by atoms with E-state index in [4.69, 9.17) is 0 Å². The minimum absolute atomic E-state index is 0.216. The fraction of sp³-hybridized carbons (Fsp3) is 0.286. The fourth-order valence-corrected chi connectivity index (χ4v) is 3.39. The van der Waals surface area contributed by atoms with Gasteiger partial charge in [-0.05, 0) is 72.2 Å². The van der Waals surface area contributed by atoms with E-state index < -0.39 is 0 Å². The van der Waals surface area contributed by atoms with E-state index in [9.17, 15) is 4.39 Å². The smallest absolute Gasteiger partial charge is 0.138 e. The summed E-state index contributed by atoms with van der Waals surface area (Å²) in [7, 11) is 1.94. The molecule has 4 heteroatoms. The van der Waals surface area contributed by atoms with Crippen molar-refractivity contribution in [2.24, 2.45) is 0 Å². The highest BCUT2D eigenvalue weighted by atomic mass is 79.9. The predicted octanol–water partition coefficient (Wildman–Crippen LogP) is 4.91. The maximum atomic E-state index is 13.6. The fourth-order valence-electron chi connectivity index (χ4n) is 1.78. The Morgan fingerprint density at radius 2 is 2.06 bits per heavy atom. The van der Waals surface area contributed by atoms with Crippen LogP contribution in [0.15, 0.2) is 28.7 Å². The molecule has 0 amide bonds. The zero-order valence-corrected chi connectivity index (χ0v) is 13.0. The van der Waals surface area contributed by atoms with Gasteiger partial charge in [0, 0.05) is 15.8 Å². The molecule has 0 aliphatic heterocycles. The van der Waals surface area contributed by atoms with Gasteiger partial charge >= 0.3 is 0 Å². The molecule has 2 aromatic rings. The maximum Gasteiger partial charge on any atom is 0.138 e. The molecule has 2 rings (SSSR count). The highest BCUT2D eigenvalue weighted by molar-refractivity contribution is 9.10. The SMILES string of the molecule is CNC(C)c1ccc(-c2cc(F)c(Br)cc2C)s1. The van der Waals surface area contributed by atoms with Gasteiger partial charge in [-0.15, -0.1) is 11.3 Å². The van der Waals surface area contributed by atoms with Crippen molar-refractivity contribution in [1.29, 1.82) is 0 Å². The summed E-state index contributed by atoms with van der Waals surface area (Å²) in [5.41, 5.74) is 2.05. The van der Waals surface area contributed by atoms with Gasteiger partial charge in [0.1, 0.15) is 5.82 Å². The molecule has 1 unspecified atom stereocenters. The summed E-state index contributed by atoms with van der Waals surface area (Å²) in [6.45, 7) is 4.12. The molecule has 0 aliphatic carbocycles. The van der Waals surface area contributed by atoms with Gasteiger partial charge in [0.2, 0.25) is 0 Å². The Morgan fingerprint density at radius 1 is 1.33 bits per heavy atom. The first-order valence-corrected chi connectivity index (χ1v) is 7.37. The van der Waals surface area contributed by atoms with Crippen LogP contribution >= 0.6 is 27.3 Å². The van der Waals surface area contributed by atoms with Gasteiger partial charge in [-0.1, -0.05) is 0 Å². The van der Waals surface area contributed by atoms with Gasteiger partial charge in [0.15, 0.2) is 0 Å². The summed E-state index contributed by atoms with van der Waals surface area (Å²) in [6, 6.07) is 7.90. The Kier molecular flexibility index (Phi) is 4.20. The lowest BCUT2D eigenvalue weighted by Gasteiger charge is -2.07. The van der Waals surface area contributed by atoms with E-state index in [-0.39, 0.29) is 5.82 Å². The third-order valence-corrected chi connectivity index (χ3v) is 4.93. The Hall–Kier alpha value is -0.710. The van der Waals surface area contributed by atoms with E-state index in [1.165, 1.54) is 4.88 Å². The molecule has 1 aromatic heterocycles. The molecule has 18 heavy (non-hydrogen) atoms. The number of rotatable bonds is 3. The third-order valence-electron chi connectivity index (χ3n) is 3.02. The van der Waals surface area contributed by atoms with Gasteiger partial charge in [-0.2, -0.15) is 0 Å². The molecule has 0 aliphatic rings. The van der Waals surface area contributed by atoms with E-state index in [0.717, 1.165) is 16.0 Å². The predicted molar refractivity (Wildman–Crippen MR) is 79.6 cm³/mol. The van der Waals surface area contributed by atoms with E-state index in [1.807, 2.05) is 20.0 Å². The van der Waals surface area contributed by atoms with Crippen LogP contribution in [-0.2, 0) is 0 Å². The number of nitrogens with one attached hydrogen (secondary N) is 1. The lowest BCUT2D eigenvalue weighted by molar-refractivity contribution is 0.621. The first-order valence-electron chi connectivity index (χ1n) is 5.76. The van der Waals surface area contributed by atoms with Gasteiger partial charge in [0.25, 0.3) is 0 Å². The van der Waals surface area contributed by atoms with Crippen molar-refractivity contribution in [1.82, 2.24) is 5.32 Å². The number of thiophene rings is 1. The van der Waals surface area contributed by atoms with Gasteiger partial charge in [-0.25, -0.2) is 4.39 Å². The third kappa shape index (κ3) is 2.66. The molecule has 0 radical (unpaired) electrons. The van der Waals surface area contributed by atoms with Crippen LogP contribution in [-0.4, -0.2) is 7.05 Å². The van der Waals surface area contributed by atoms with E-state index >= 15 is 0 Å². The minimum Gasteiger partial charge on any atom is -0.313 e. The molecule has 1 N–H and O–H groups in total. The van der Waals surface area contributed by atoms with Crippen molar-refractivity contribution >= 4 is 27.3 Å². The number of aryl methyl sites for hydroxylation is 1. The minimum atomic E-state index is -0.216. The molecule has 1 atom stereocenters. The van der Waals surface area contributed by atoms with Crippen LogP contribution in [0.2, 0.25) is 0 Å². The average molecular weight is 328 g/mol. The highest BCUT2D eigenvalue weighted by Crippen LogP contribution is 2.35. The largest absolute Gasteiger partial charge is 0.313 e. The van der Waals surface area contributed by atoms with E-state index in [0.29, 0.717) is 10.5 Å². The lowest BCUT2D eigenvalue weighted by atomic mass is 10.1. The summed E-state index contributed by atoms with van der Waals surface area (Å²) in [4.78, 5) is 2.37. The standard InChI is InChI=1S/C14H15BrFNS/c1-8-6-11(15)12(16)7-10(8)14-5-4-13(18-14)9(2)17-3/h4-7,9,17H,1-3H3. The molecule has 0 fully saturated rings. The van der Waals surface area contributed by atoms with Crippen LogP contribution in [0.25, 0.3) is 10.4 Å². The number of benzene rings is 1. The second-order valence-electron chi connectivity index (χ2n) is 4.29. The molecule has 0 saturated heterocycles. The Morgan fingerprint density at radius 3 is 2.72 bits per heavy atom. The maximum absolute atomic E-state index is 13.6. The quantitative estimate of drug-likeness (QED) is 0.844. The second-order valence-corrected chi connectivity index (χ2v) is 6.26. The Bertz CT molecular complexity index is 565. The first kappa shape index (κ1) is 13.7. The second kappa shape index (κ2) is 5.51. The van der Waals surface area contributed by atoms with Crippen LogP contribution in [0, 0.1) is 12.7 Å². The molecular weight excluding hydrogens is 313 g/mol. The zero-order valence-electron chi connectivity index (χ0n) is 10.6. The van der Waals surface area contributed by atoms with Crippen molar-refractivity contribution in [3.8, 4) is 10.4 Å². The van der Waals surface area contributed by atoms with Crippen molar-refractivity contribution in [3.05, 3.63) is 45.0 Å². The molecule has 0 saturated carbocycles. The van der Waals surface area contributed by atoms with Crippen LogP contribution in [0.3, 0.4) is 0 Å². The van der Waals surface area contributed by atoms with Crippen molar-refractivity contribution in [2.75, 3.05) is 7.05 Å². The molecule has 1 heterocycles. The molecule has 0 bridgehead atoms. The summed E-state index contributed by atoms with van der Waals surface area (Å²) in [6.07, 6.45) is 0. The van der Waals surface area contributed by atoms with Crippen LogP contribution in [0.5, 0.6) is 0 Å². The summed E-state index contributed by atoms with van der Waals surface area (Å²) in [5.74, 6) is -0.216. The van der Waals surface area contributed by atoms with Crippen LogP contribution in [0.1, 0.15) is 23.4 Å². The Balaban J connectivity index is 2.43. The number of hydrogen-bond acceptors (Lipinski definition) is 2. The number of halogens is 2. The molecule has 1 nitrogen and oxygen atoms in total.